The molecule has 6 heteroatoms. The van der Waals surface area contributed by atoms with E-state index in [0.29, 0.717) is 6.42 Å². The Morgan fingerprint density at radius 1 is 1.53 bits per heavy atom. The Hall–Kier alpha value is -1.59. The van der Waals surface area contributed by atoms with Gasteiger partial charge >= 0.3 is 6.03 Å². The van der Waals surface area contributed by atoms with Crippen molar-refractivity contribution in [3.8, 4) is 0 Å². The van der Waals surface area contributed by atoms with E-state index in [1.165, 1.54) is 11.9 Å². The van der Waals surface area contributed by atoms with Crippen LogP contribution in [0.1, 0.15) is 20.3 Å². The van der Waals surface area contributed by atoms with Crippen LogP contribution >= 0.6 is 0 Å². The molecular weight excluding hydrogens is 198 g/mol. The van der Waals surface area contributed by atoms with Crippen molar-refractivity contribution in [3.63, 3.8) is 0 Å². The Morgan fingerprint density at radius 3 is 2.60 bits per heavy atom. The number of likely N-dealkylation sites (N-methyl/N-ethyl adjacent to an activating group) is 1. The minimum absolute atomic E-state index is 0.0988. The second kappa shape index (κ2) is 3.88. The quantitative estimate of drug-likeness (QED) is 0.617. The molecule has 1 atom stereocenters. The predicted octanol–water partition coefficient (Wildman–Crippen LogP) is -0.547. The first-order valence-corrected chi connectivity index (χ1v) is 4.79. The fourth-order valence-electron chi connectivity index (χ4n) is 1.47. The molecule has 0 spiro atoms. The number of carbonyl (C=O) groups excluding carboxylic acids is 3. The fourth-order valence-corrected chi connectivity index (χ4v) is 1.47. The lowest BCUT2D eigenvalue weighted by Gasteiger charge is -2.29. The SMILES string of the molecule is CCC1(C)C(=O)NC(=O)N1CC(=O)NC. The van der Waals surface area contributed by atoms with E-state index in [-0.39, 0.29) is 18.4 Å². The summed E-state index contributed by atoms with van der Waals surface area (Å²) in [6.07, 6.45) is 0.474. The summed E-state index contributed by atoms with van der Waals surface area (Å²) in [5, 5.41) is 4.62. The van der Waals surface area contributed by atoms with E-state index in [2.05, 4.69) is 10.6 Å². The Morgan fingerprint density at radius 2 is 2.13 bits per heavy atom. The number of carbonyl (C=O) groups is 3. The Balaban J connectivity index is 2.89. The number of nitrogens with one attached hydrogen (secondary N) is 2. The topological polar surface area (TPSA) is 78.5 Å². The number of nitrogens with zero attached hydrogens (tertiary/aromatic N) is 1. The van der Waals surface area contributed by atoms with Gasteiger partial charge in [0.05, 0.1) is 0 Å². The first kappa shape index (κ1) is 11.5. The highest BCUT2D eigenvalue weighted by Crippen LogP contribution is 2.24. The van der Waals surface area contributed by atoms with Gasteiger partial charge in [-0.15, -0.1) is 0 Å². The summed E-state index contributed by atoms with van der Waals surface area (Å²) in [4.78, 5) is 35.4. The number of rotatable bonds is 3. The van der Waals surface area contributed by atoms with E-state index < -0.39 is 11.6 Å². The molecule has 2 N–H and O–H groups in total. The van der Waals surface area contributed by atoms with Gasteiger partial charge in [-0.05, 0) is 13.3 Å². The van der Waals surface area contributed by atoms with Crippen LogP contribution in [0.5, 0.6) is 0 Å². The van der Waals surface area contributed by atoms with Crippen LogP contribution in [-0.2, 0) is 9.59 Å². The average molecular weight is 213 g/mol. The second-order valence-electron chi connectivity index (χ2n) is 3.65. The lowest BCUT2D eigenvalue weighted by Crippen LogP contribution is -2.50. The maximum Gasteiger partial charge on any atom is 0.325 e. The largest absolute Gasteiger partial charge is 0.358 e. The molecule has 0 saturated carbocycles. The highest BCUT2D eigenvalue weighted by atomic mass is 16.2. The Bertz CT molecular complexity index is 316. The molecule has 0 aromatic heterocycles. The molecule has 1 unspecified atom stereocenters. The average Bonchev–Trinajstić information content (AvgIpc) is 2.42. The fraction of sp³-hybridized carbons (Fsp3) is 0.667. The molecule has 0 aliphatic carbocycles. The third-order valence-electron chi connectivity index (χ3n) is 2.82. The van der Waals surface area contributed by atoms with Crippen LogP contribution in [-0.4, -0.2) is 41.9 Å². The van der Waals surface area contributed by atoms with Crippen LogP contribution in [0.2, 0.25) is 0 Å². The first-order chi connectivity index (χ1) is 6.95. The Kier molecular flexibility index (Phi) is 2.97. The van der Waals surface area contributed by atoms with E-state index in [1.54, 1.807) is 13.8 Å². The van der Waals surface area contributed by atoms with E-state index >= 15 is 0 Å². The molecule has 1 aliphatic rings. The summed E-state index contributed by atoms with van der Waals surface area (Å²) in [5.74, 6) is -0.640. The van der Waals surface area contributed by atoms with Gasteiger partial charge in [-0.3, -0.25) is 14.9 Å². The molecule has 1 rings (SSSR count). The van der Waals surface area contributed by atoms with Gasteiger partial charge in [0.15, 0.2) is 0 Å². The van der Waals surface area contributed by atoms with Crippen molar-refractivity contribution < 1.29 is 14.4 Å². The van der Waals surface area contributed by atoms with Crippen molar-refractivity contribution >= 4 is 17.8 Å². The molecule has 6 nitrogen and oxygen atoms in total. The zero-order valence-electron chi connectivity index (χ0n) is 9.09. The third-order valence-corrected chi connectivity index (χ3v) is 2.82. The van der Waals surface area contributed by atoms with E-state index in [4.69, 9.17) is 0 Å². The maximum atomic E-state index is 11.5. The van der Waals surface area contributed by atoms with E-state index in [9.17, 15) is 14.4 Å². The number of hydrogen-bond donors (Lipinski definition) is 2. The lowest BCUT2D eigenvalue weighted by atomic mass is 9.97. The van der Waals surface area contributed by atoms with Gasteiger partial charge in [-0.2, -0.15) is 0 Å². The molecule has 84 valence electrons. The molecule has 0 radical (unpaired) electrons. The molecule has 0 bridgehead atoms. The summed E-state index contributed by atoms with van der Waals surface area (Å²) in [6.45, 7) is 3.35. The molecular formula is C9H15N3O3. The highest BCUT2D eigenvalue weighted by Gasteiger charge is 2.48. The molecule has 4 amide bonds. The van der Waals surface area contributed by atoms with E-state index in [0.717, 1.165) is 0 Å². The van der Waals surface area contributed by atoms with Crippen molar-refractivity contribution in [2.24, 2.45) is 0 Å². The monoisotopic (exact) mass is 213 g/mol. The van der Waals surface area contributed by atoms with Crippen molar-refractivity contribution in [1.29, 1.82) is 0 Å². The second-order valence-corrected chi connectivity index (χ2v) is 3.65. The van der Waals surface area contributed by atoms with Crippen LogP contribution in [0, 0.1) is 0 Å². The van der Waals surface area contributed by atoms with Crippen LogP contribution in [0.3, 0.4) is 0 Å². The Labute approximate surface area is 88.0 Å². The first-order valence-electron chi connectivity index (χ1n) is 4.79. The summed E-state index contributed by atoms with van der Waals surface area (Å²) in [7, 11) is 1.49. The molecule has 1 saturated heterocycles. The zero-order valence-corrected chi connectivity index (χ0v) is 9.09. The van der Waals surface area contributed by atoms with Gasteiger partial charge in [0.1, 0.15) is 12.1 Å². The standard InChI is InChI=1S/C9H15N3O3/c1-4-9(2)7(14)11-8(15)12(9)5-6(13)10-3/h4-5H2,1-3H3,(H,10,13)(H,11,14,15). The third kappa shape index (κ3) is 1.79. The normalized spacial score (nSPS) is 25.4. The van der Waals surface area contributed by atoms with E-state index in [1.807, 2.05) is 0 Å². The molecule has 15 heavy (non-hydrogen) atoms. The maximum absolute atomic E-state index is 11.5. The summed E-state index contributed by atoms with van der Waals surface area (Å²) >= 11 is 0. The van der Waals surface area contributed by atoms with Crippen molar-refractivity contribution in [2.75, 3.05) is 13.6 Å². The van der Waals surface area contributed by atoms with Gasteiger partial charge in [0, 0.05) is 7.05 Å². The van der Waals surface area contributed by atoms with Gasteiger partial charge in [0.25, 0.3) is 5.91 Å². The number of urea groups is 1. The number of amides is 4. The lowest BCUT2D eigenvalue weighted by molar-refractivity contribution is -0.127. The zero-order chi connectivity index (χ0) is 11.6. The molecule has 0 aromatic carbocycles. The van der Waals surface area contributed by atoms with Gasteiger partial charge in [-0.1, -0.05) is 6.92 Å². The summed E-state index contributed by atoms with van der Waals surface area (Å²) < 4.78 is 0. The van der Waals surface area contributed by atoms with Gasteiger partial charge in [0.2, 0.25) is 5.91 Å². The minimum atomic E-state index is -0.913. The van der Waals surface area contributed by atoms with Crippen molar-refractivity contribution in [3.05, 3.63) is 0 Å². The highest BCUT2D eigenvalue weighted by molar-refractivity contribution is 6.07. The summed E-state index contributed by atoms with van der Waals surface area (Å²) in [5.41, 5.74) is -0.913. The van der Waals surface area contributed by atoms with Crippen molar-refractivity contribution in [2.45, 2.75) is 25.8 Å². The molecule has 0 aromatic rings. The number of hydrogen-bond acceptors (Lipinski definition) is 3. The van der Waals surface area contributed by atoms with Crippen LogP contribution in [0.15, 0.2) is 0 Å². The number of imide groups is 1. The van der Waals surface area contributed by atoms with Crippen LogP contribution in [0.25, 0.3) is 0 Å². The smallest absolute Gasteiger partial charge is 0.325 e. The van der Waals surface area contributed by atoms with Crippen LogP contribution < -0.4 is 10.6 Å². The molecule has 1 heterocycles. The minimum Gasteiger partial charge on any atom is -0.358 e. The van der Waals surface area contributed by atoms with Crippen LogP contribution in [0.4, 0.5) is 4.79 Å². The van der Waals surface area contributed by atoms with Crippen molar-refractivity contribution in [1.82, 2.24) is 15.5 Å². The molecule has 1 fully saturated rings. The van der Waals surface area contributed by atoms with Gasteiger partial charge < -0.3 is 10.2 Å². The predicted molar refractivity (Wildman–Crippen MR) is 53.0 cm³/mol. The summed E-state index contributed by atoms with van der Waals surface area (Å²) in [6, 6.07) is -0.507. The molecule has 1 aliphatic heterocycles. The van der Waals surface area contributed by atoms with Gasteiger partial charge in [-0.25, -0.2) is 4.79 Å².